The van der Waals surface area contributed by atoms with Gasteiger partial charge in [0.25, 0.3) is 0 Å². The van der Waals surface area contributed by atoms with Gasteiger partial charge in [-0.2, -0.15) is 0 Å². The van der Waals surface area contributed by atoms with Crippen molar-refractivity contribution in [2.45, 2.75) is 0 Å². The van der Waals surface area contributed by atoms with Gasteiger partial charge in [0.05, 0.1) is 5.69 Å². The Morgan fingerprint density at radius 1 is 0.200 bits per heavy atom. The third-order valence-electron chi connectivity index (χ3n) is 11.2. The monoisotopic (exact) mass is 766 g/mol. The molecule has 10 aromatic rings. The molecule has 0 saturated carbocycles. The van der Waals surface area contributed by atoms with Gasteiger partial charge in [-0.3, -0.25) is 0 Å². The molecule has 10 rings (SSSR count). The minimum atomic E-state index is 1.09. The van der Waals surface area contributed by atoms with E-state index in [1.165, 1.54) is 44.2 Å². The van der Waals surface area contributed by atoms with Gasteiger partial charge in [-0.05, 0) is 123 Å². The molecule has 0 unspecified atom stereocenters. The highest BCUT2D eigenvalue weighted by molar-refractivity contribution is 6.00. The molecule has 2 heteroatoms. The van der Waals surface area contributed by atoms with Crippen molar-refractivity contribution in [3.8, 4) is 44.5 Å². The van der Waals surface area contributed by atoms with Crippen molar-refractivity contribution in [2.24, 2.45) is 0 Å². The number of hydrogen-bond donors (Lipinski definition) is 0. The third-order valence-corrected chi connectivity index (χ3v) is 11.2. The molecule has 0 atom stereocenters. The summed E-state index contributed by atoms with van der Waals surface area (Å²) in [6.45, 7) is 0. The topological polar surface area (TPSA) is 6.48 Å². The van der Waals surface area contributed by atoms with Gasteiger partial charge in [0.15, 0.2) is 0 Å². The Balaban J connectivity index is 1.03. The van der Waals surface area contributed by atoms with Crippen LogP contribution in [0, 0.1) is 0 Å². The second kappa shape index (κ2) is 16.5. The highest BCUT2D eigenvalue weighted by Gasteiger charge is 2.19. The second-order valence-corrected chi connectivity index (χ2v) is 15.0. The Morgan fingerprint density at radius 3 is 1.03 bits per heavy atom. The van der Waals surface area contributed by atoms with Crippen LogP contribution in [-0.2, 0) is 0 Å². The lowest BCUT2D eigenvalue weighted by molar-refractivity contribution is 1.28. The largest absolute Gasteiger partial charge is 0.311 e. The van der Waals surface area contributed by atoms with Crippen LogP contribution in [0.3, 0.4) is 0 Å². The SMILES string of the molecule is c1ccc(-c2ccc(N(c3ccccc3)c3ccc(-c4ccc(N(c5cc(-c6ccccc6)cc(-c6ccccc6)c5)c5cccc6ccccc56)cc4)cc3)cc2)cc1. The molecule has 60 heavy (non-hydrogen) atoms. The summed E-state index contributed by atoms with van der Waals surface area (Å²) >= 11 is 0. The van der Waals surface area contributed by atoms with Gasteiger partial charge >= 0.3 is 0 Å². The Hall–Kier alpha value is -7.94. The average molecular weight is 767 g/mol. The molecular formula is C58H42N2. The van der Waals surface area contributed by atoms with Crippen molar-refractivity contribution < 1.29 is 0 Å². The predicted octanol–water partition coefficient (Wildman–Crippen LogP) is 16.4. The van der Waals surface area contributed by atoms with Crippen LogP contribution >= 0.6 is 0 Å². The highest BCUT2D eigenvalue weighted by atomic mass is 15.1. The normalized spacial score (nSPS) is 11.0. The van der Waals surface area contributed by atoms with Crippen LogP contribution in [0.1, 0.15) is 0 Å². The zero-order valence-electron chi connectivity index (χ0n) is 33.1. The zero-order chi connectivity index (χ0) is 40.1. The molecule has 0 aliphatic heterocycles. The summed E-state index contributed by atoms with van der Waals surface area (Å²) in [4.78, 5) is 4.73. The smallest absolute Gasteiger partial charge is 0.0540 e. The number of anilines is 6. The van der Waals surface area contributed by atoms with E-state index in [9.17, 15) is 0 Å². The van der Waals surface area contributed by atoms with Crippen LogP contribution in [0.25, 0.3) is 55.3 Å². The van der Waals surface area contributed by atoms with Crippen LogP contribution in [0.15, 0.2) is 255 Å². The van der Waals surface area contributed by atoms with Crippen LogP contribution in [0.5, 0.6) is 0 Å². The first kappa shape index (κ1) is 36.4. The Bertz CT molecular complexity index is 2920. The maximum atomic E-state index is 2.41. The second-order valence-electron chi connectivity index (χ2n) is 15.0. The van der Waals surface area contributed by atoms with E-state index >= 15 is 0 Å². The fourth-order valence-electron chi connectivity index (χ4n) is 8.23. The lowest BCUT2D eigenvalue weighted by Crippen LogP contribution is -2.11. The molecule has 284 valence electrons. The molecule has 0 bridgehead atoms. The van der Waals surface area contributed by atoms with Crippen molar-refractivity contribution in [1.29, 1.82) is 0 Å². The van der Waals surface area contributed by atoms with Gasteiger partial charge in [0.1, 0.15) is 0 Å². The summed E-state index contributed by atoms with van der Waals surface area (Å²) in [6.07, 6.45) is 0. The molecule has 10 aromatic carbocycles. The third kappa shape index (κ3) is 7.46. The summed E-state index contributed by atoms with van der Waals surface area (Å²) in [5.41, 5.74) is 16.1. The molecule has 0 aliphatic carbocycles. The molecule has 0 fully saturated rings. The fraction of sp³-hybridized carbons (Fsp3) is 0. The maximum absolute atomic E-state index is 2.41. The predicted molar refractivity (Wildman–Crippen MR) is 255 cm³/mol. The Labute approximate surface area is 352 Å². The number of fused-ring (bicyclic) bond motifs is 1. The van der Waals surface area contributed by atoms with Gasteiger partial charge in [0.2, 0.25) is 0 Å². The highest BCUT2D eigenvalue weighted by Crippen LogP contribution is 2.43. The molecule has 0 aromatic heterocycles. The molecule has 0 amide bonds. The molecule has 0 radical (unpaired) electrons. The van der Waals surface area contributed by atoms with Crippen molar-refractivity contribution >= 4 is 44.9 Å². The molecule has 0 aliphatic rings. The van der Waals surface area contributed by atoms with E-state index in [0.717, 1.165) is 45.3 Å². The molecule has 0 saturated heterocycles. The Morgan fingerprint density at radius 2 is 0.550 bits per heavy atom. The molecule has 0 N–H and O–H groups in total. The van der Waals surface area contributed by atoms with Gasteiger partial charge in [-0.15, -0.1) is 0 Å². The number of hydrogen-bond acceptors (Lipinski definition) is 2. The van der Waals surface area contributed by atoms with Gasteiger partial charge < -0.3 is 9.80 Å². The number of nitrogens with zero attached hydrogens (tertiary/aromatic N) is 2. The minimum Gasteiger partial charge on any atom is -0.311 e. The zero-order valence-corrected chi connectivity index (χ0v) is 33.1. The number of rotatable bonds is 10. The van der Waals surface area contributed by atoms with Gasteiger partial charge in [0, 0.05) is 33.8 Å². The fourth-order valence-corrected chi connectivity index (χ4v) is 8.23. The van der Waals surface area contributed by atoms with E-state index in [-0.39, 0.29) is 0 Å². The summed E-state index contributed by atoms with van der Waals surface area (Å²) in [7, 11) is 0. The van der Waals surface area contributed by atoms with E-state index in [1.54, 1.807) is 0 Å². The maximum Gasteiger partial charge on any atom is 0.0540 e. The minimum absolute atomic E-state index is 1.09. The molecular weight excluding hydrogens is 725 g/mol. The van der Waals surface area contributed by atoms with E-state index in [4.69, 9.17) is 0 Å². The average Bonchev–Trinajstić information content (AvgIpc) is 3.34. The lowest BCUT2D eigenvalue weighted by atomic mass is 9.96. The lowest BCUT2D eigenvalue weighted by Gasteiger charge is -2.28. The van der Waals surface area contributed by atoms with E-state index in [1.807, 2.05) is 0 Å². The number of benzene rings is 10. The van der Waals surface area contributed by atoms with Crippen LogP contribution in [0.2, 0.25) is 0 Å². The van der Waals surface area contributed by atoms with Crippen LogP contribution in [-0.4, -0.2) is 0 Å². The van der Waals surface area contributed by atoms with E-state index < -0.39 is 0 Å². The molecule has 0 heterocycles. The first-order chi connectivity index (χ1) is 29.7. The summed E-state index contributed by atoms with van der Waals surface area (Å²) in [6, 6.07) is 91.5. The molecule has 2 nitrogen and oxygen atoms in total. The van der Waals surface area contributed by atoms with Crippen molar-refractivity contribution in [3.05, 3.63) is 255 Å². The Kier molecular flexibility index (Phi) is 10.0. The molecule has 0 spiro atoms. The first-order valence-electron chi connectivity index (χ1n) is 20.5. The van der Waals surface area contributed by atoms with Crippen molar-refractivity contribution in [3.63, 3.8) is 0 Å². The first-order valence-corrected chi connectivity index (χ1v) is 20.5. The summed E-state index contributed by atoms with van der Waals surface area (Å²) in [5.74, 6) is 0. The van der Waals surface area contributed by atoms with E-state index in [0.29, 0.717) is 0 Å². The van der Waals surface area contributed by atoms with Gasteiger partial charge in [-0.25, -0.2) is 0 Å². The van der Waals surface area contributed by atoms with E-state index in [2.05, 4.69) is 265 Å². The summed E-state index contributed by atoms with van der Waals surface area (Å²) in [5, 5.41) is 2.40. The number of para-hydroxylation sites is 1. The van der Waals surface area contributed by atoms with Crippen molar-refractivity contribution in [2.75, 3.05) is 9.80 Å². The van der Waals surface area contributed by atoms with Crippen LogP contribution in [0.4, 0.5) is 34.1 Å². The summed E-state index contributed by atoms with van der Waals surface area (Å²) < 4.78 is 0. The van der Waals surface area contributed by atoms with Crippen molar-refractivity contribution in [1.82, 2.24) is 0 Å². The standard InChI is InChI=1S/C58H42N2/c1-5-16-43(17-6-1)46-28-34-53(35-29-46)59(52-24-11-4-12-25-52)54-36-30-47(31-37-54)48-32-38-55(39-33-48)60(58-27-15-23-49-22-13-14-26-57(49)58)56-41-50(44-18-7-2-8-19-44)40-51(42-56)45-20-9-3-10-21-45/h1-42H. The van der Waals surface area contributed by atoms with Gasteiger partial charge in [-0.1, -0.05) is 182 Å². The van der Waals surface area contributed by atoms with Crippen LogP contribution < -0.4 is 9.80 Å². The quantitative estimate of drug-likeness (QED) is 0.137.